The third-order valence-electron chi connectivity index (χ3n) is 3.66. The van der Waals surface area contributed by atoms with Crippen LogP contribution in [0.2, 0.25) is 0 Å². The van der Waals surface area contributed by atoms with Crippen LogP contribution in [0.25, 0.3) is 11.0 Å². The van der Waals surface area contributed by atoms with Crippen LogP contribution in [0, 0.1) is 5.92 Å². The zero-order valence-corrected chi connectivity index (χ0v) is 13.5. The van der Waals surface area contributed by atoms with E-state index in [-0.39, 0.29) is 31.0 Å². The Labute approximate surface area is 134 Å². The van der Waals surface area contributed by atoms with Gasteiger partial charge in [0.1, 0.15) is 5.82 Å². The van der Waals surface area contributed by atoms with Gasteiger partial charge >= 0.3 is 12.0 Å². The number of urea groups is 1. The standard InChI is InChI=1S/C16H22N4O3/c1-10(2)14(19-16(23)20(3)9-8-13(21)22)15-17-11-6-4-5-7-12(11)18-15/h4-7,10,14H,8-9H2,1-3H3,(H,17,18)(H,19,23)(H,21,22). The first kappa shape index (κ1) is 16.8. The number of carbonyl (C=O) groups excluding carboxylic acids is 1. The van der Waals surface area contributed by atoms with E-state index in [0.717, 1.165) is 11.0 Å². The zero-order valence-electron chi connectivity index (χ0n) is 13.5. The SMILES string of the molecule is CC(C)C(NC(=O)N(C)CCC(=O)O)c1nc2ccccc2[nH]1. The molecule has 1 aromatic carbocycles. The monoisotopic (exact) mass is 318 g/mol. The molecule has 0 aliphatic heterocycles. The van der Waals surface area contributed by atoms with Crippen LogP contribution in [0.1, 0.15) is 32.1 Å². The fraction of sp³-hybridized carbons (Fsp3) is 0.438. The molecule has 7 heteroatoms. The number of hydrogen-bond acceptors (Lipinski definition) is 3. The minimum Gasteiger partial charge on any atom is -0.481 e. The van der Waals surface area contributed by atoms with E-state index in [1.807, 2.05) is 38.1 Å². The summed E-state index contributed by atoms with van der Waals surface area (Å²) in [6, 6.07) is 7.09. The summed E-state index contributed by atoms with van der Waals surface area (Å²) in [5.74, 6) is -0.101. The van der Waals surface area contributed by atoms with Crippen LogP contribution in [0.4, 0.5) is 4.79 Å². The Morgan fingerprint density at radius 3 is 2.65 bits per heavy atom. The quantitative estimate of drug-likeness (QED) is 0.761. The van der Waals surface area contributed by atoms with Gasteiger partial charge in [0.25, 0.3) is 0 Å². The molecule has 23 heavy (non-hydrogen) atoms. The molecule has 0 fully saturated rings. The number of hydrogen-bond donors (Lipinski definition) is 3. The summed E-state index contributed by atoms with van der Waals surface area (Å²) in [6.45, 7) is 4.15. The largest absolute Gasteiger partial charge is 0.481 e. The number of fused-ring (bicyclic) bond motifs is 1. The Balaban J connectivity index is 2.12. The lowest BCUT2D eigenvalue weighted by molar-refractivity contribution is -0.137. The van der Waals surface area contributed by atoms with E-state index in [1.165, 1.54) is 4.90 Å². The summed E-state index contributed by atoms with van der Waals surface area (Å²) in [4.78, 5) is 32.0. The molecular weight excluding hydrogens is 296 g/mol. The number of imidazole rings is 1. The molecule has 1 unspecified atom stereocenters. The number of para-hydroxylation sites is 2. The summed E-state index contributed by atoms with van der Waals surface area (Å²) in [5.41, 5.74) is 1.77. The lowest BCUT2D eigenvalue weighted by Crippen LogP contribution is -2.42. The predicted molar refractivity (Wildman–Crippen MR) is 87.1 cm³/mol. The molecule has 0 saturated heterocycles. The van der Waals surface area contributed by atoms with Gasteiger partial charge in [-0.05, 0) is 18.1 Å². The van der Waals surface area contributed by atoms with Crippen LogP contribution < -0.4 is 5.32 Å². The first-order chi connectivity index (χ1) is 10.9. The van der Waals surface area contributed by atoms with Crippen molar-refractivity contribution in [2.45, 2.75) is 26.3 Å². The van der Waals surface area contributed by atoms with Crippen molar-refractivity contribution in [2.24, 2.45) is 5.92 Å². The Hall–Kier alpha value is -2.57. The van der Waals surface area contributed by atoms with E-state index in [0.29, 0.717) is 5.82 Å². The van der Waals surface area contributed by atoms with Gasteiger partial charge in [0.2, 0.25) is 0 Å². The summed E-state index contributed by atoms with van der Waals surface area (Å²) < 4.78 is 0. The minimum atomic E-state index is -0.928. The molecule has 1 aromatic heterocycles. The van der Waals surface area contributed by atoms with E-state index in [9.17, 15) is 9.59 Å². The molecule has 0 spiro atoms. The molecule has 2 aromatic rings. The van der Waals surface area contributed by atoms with Crippen LogP contribution in [0.15, 0.2) is 24.3 Å². The van der Waals surface area contributed by atoms with Gasteiger partial charge in [-0.3, -0.25) is 4.79 Å². The van der Waals surface area contributed by atoms with Crippen molar-refractivity contribution in [2.75, 3.05) is 13.6 Å². The first-order valence-corrected chi connectivity index (χ1v) is 7.56. The van der Waals surface area contributed by atoms with Crippen molar-refractivity contribution < 1.29 is 14.7 Å². The van der Waals surface area contributed by atoms with Gasteiger partial charge in [-0.15, -0.1) is 0 Å². The zero-order chi connectivity index (χ0) is 17.0. The van der Waals surface area contributed by atoms with Crippen molar-refractivity contribution in [3.05, 3.63) is 30.1 Å². The lowest BCUT2D eigenvalue weighted by Gasteiger charge is -2.24. The third kappa shape index (κ3) is 4.21. The highest BCUT2D eigenvalue weighted by Crippen LogP contribution is 2.22. The second kappa shape index (κ2) is 7.13. The molecular formula is C16H22N4O3. The number of carboxylic acid groups (broad SMARTS) is 1. The van der Waals surface area contributed by atoms with Crippen LogP contribution >= 0.6 is 0 Å². The average Bonchev–Trinajstić information content (AvgIpc) is 2.92. The van der Waals surface area contributed by atoms with Gasteiger partial charge in [-0.2, -0.15) is 0 Å². The van der Waals surface area contributed by atoms with Gasteiger partial charge in [0.15, 0.2) is 0 Å². The number of aromatic nitrogens is 2. The van der Waals surface area contributed by atoms with Crippen molar-refractivity contribution >= 4 is 23.0 Å². The molecule has 2 amide bonds. The Morgan fingerprint density at radius 2 is 2.04 bits per heavy atom. The highest BCUT2D eigenvalue weighted by molar-refractivity contribution is 5.77. The van der Waals surface area contributed by atoms with Crippen LogP contribution in [0.3, 0.4) is 0 Å². The summed E-state index contributed by atoms with van der Waals surface area (Å²) in [5, 5.41) is 11.6. The molecule has 7 nitrogen and oxygen atoms in total. The number of rotatable bonds is 6. The number of carboxylic acids is 1. The Kier molecular flexibility index (Phi) is 5.20. The van der Waals surface area contributed by atoms with Crippen molar-refractivity contribution in [3.63, 3.8) is 0 Å². The second-order valence-corrected chi connectivity index (χ2v) is 5.88. The molecule has 0 aliphatic rings. The van der Waals surface area contributed by atoms with E-state index < -0.39 is 5.97 Å². The minimum absolute atomic E-state index is 0.0824. The highest BCUT2D eigenvalue weighted by Gasteiger charge is 2.23. The first-order valence-electron chi connectivity index (χ1n) is 7.56. The number of aromatic amines is 1. The number of amides is 2. The Bertz CT molecular complexity index is 662. The van der Waals surface area contributed by atoms with Gasteiger partial charge < -0.3 is 20.3 Å². The molecule has 0 bridgehead atoms. The number of H-pyrrole nitrogens is 1. The summed E-state index contributed by atoms with van der Waals surface area (Å²) >= 11 is 0. The molecule has 3 N–H and O–H groups in total. The molecule has 0 radical (unpaired) electrons. The molecule has 1 atom stereocenters. The smallest absolute Gasteiger partial charge is 0.317 e. The van der Waals surface area contributed by atoms with Crippen molar-refractivity contribution in [1.82, 2.24) is 20.2 Å². The predicted octanol–water partition coefficient (Wildman–Crippen LogP) is 2.38. The third-order valence-corrected chi connectivity index (χ3v) is 3.66. The fourth-order valence-corrected chi connectivity index (χ4v) is 2.28. The van der Waals surface area contributed by atoms with Gasteiger partial charge in [0, 0.05) is 13.6 Å². The second-order valence-electron chi connectivity index (χ2n) is 5.88. The number of carbonyl (C=O) groups is 2. The molecule has 2 rings (SSSR count). The van der Waals surface area contributed by atoms with Crippen molar-refractivity contribution in [1.29, 1.82) is 0 Å². The van der Waals surface area contributed by atoms with Crippen LogP contribution in [-0.4, -0.2) is 45.6 Å². The van der Waals surface area contributed by atoms with Crippen LogP contribution in [-0.2, 0) is 4.79 Å². The van der Waals surface area contributed by atoms with Gasteiger partial charge in [0.05, 0.1) is 23.5 Å². The summed E-state index contributed by atoms with van der Waals surface area (Å²) in [7, 11) is 1.58. The topological polar surface area (TPSA) is 98.3 Å². The van der Waals surface area contributed by atoms with Gasteiger partial charge in [-0.25, -0.2) is 9.78 Å². The van der Waals surface area contributed by atoms with E-state index in [4.69, 9.17) is 5.11 Å². The average molecular weight is 318 g/mol. The number of nitrogens with one attached hydrogen (secondary N) is 2. The molecule has 0 aliphatic carbocycles. The number of nitrogens with zero attached hydrogens (tertiary/aromatic N) is 2. The maximum atomic E-state index is 12.2. The lowest BCUT2D eigenvalue weighted by atomic mass is 10.0. The fourth-order valence-electron chi connectivity index (χ4n) is 2.28. The highest BCUT2D eigenvalue weighted by atomic mass is 16.4. The van der Waals surface area contributed by atoms with E-state index in [2.05, 4.69) is 15.3 Å². The normalized spacial score (nSPS) is 12.3. The molecule has 0 saturated carbocycles. The Morgan fingerprint density at radius 1 is 1.35 bits per heavy atom. The number of benzene rings is 1. The van der Waals surface area contributed by atoms with Crippen molar-refractivity contribution in [3.8, 4) is 0 Å². The van der Waals surface area contributed by atoms with E-state index in [1.54, 1.807) is 7.05 Å². The summed E-state index contributed by atoms with van der Waals surface area (Å²) in [6.07, 6.45) is -0.0824. The number of aliphatic carboxylic acids is 1. The maximum absolute atomic E-state index is 12.2. The van der Waals surface area contributed by atoms with Gasteiger partial charge in [-0.1, -0.05) is 26.0 Å². The maximum Gasteiger partial charge on any atom is 0.317 e. The molecule has 124 valence electrons. The molecule has 1 heterocycles. The van der Waals surface area contributed by atoms with Crippen LogP contribution in [0.5, 0.6) is 0 Å². The van der Waals surface area contributed by atoms with E-state index >= 15 is 0 Å².